The van der Waals surface area contributed by atoms with Crippen LogP contribution in [0.2, 0.25) is 0 Å². The monoisotopic (exact) mass is 1090 g/mol. The maximum Gasteiger partial charge on any atom is 0.243 e. The third kappa shape index (κ3) is 34.4. The molecule has 444 valence electrons. The lowest BCUT2D eigenvalue weighted by Gasteiger charge is -2.28. The van der Waals surface area contributed by atoms with E-state index in [2.05, 4.69) is 54.5 Å². The van der Waals surface area contributed by atoms with Crippen molar-refractivity contribution in [3.05, 3.63) is 0 Å². The van der Waals surface area contributed by atoms with Gasteiger partial charge < -0.3 is 82.0 Å². The maximum atomic E-state index is 14.4. The van der Waals surface area contributed by atoms with Crippen molar-refractivity contribution in [2.45, 2.75) is 235 Å². The first kappa shape index (κ1) is 69.8. The van der Waals surface area contributed by atoms with Crippen molar-refractivity contribution >= 4 is 53.2 Å². The summed E-state index contributed by atoms with van der Waals surface area (Å²) in [7, 11) is 0. The molecular formula is C53H103N15O9. The first-order chi connectivity index (χ1) is 37.1. The van der Waals surface area contributed by atoms with Gasteiger partial charge in [-0.05, 0) is 142 Å². The molecule has 21 N–H and O–H groups in total. The molecule has 0 aliphatic carbocycles. The van der Waals surface area contributed by atoms with E-state index in [1.165, 1.54) is 38.5 Å². The fourth-order valence-electron chi connectivity index (χ4n) is 8.94. The second-order valence-electron chi connectivity index (χ2n) is 20.4. The number of hydrogen-bond donors (Lipinski definition) is 15. The van der Waals surface area contributed by atoms with Gasteiger partial charge >= 0.3 is 0 Å². The van der Waals surface area contributed by atoms with Crippen LogP contribution in [0.4, 0.5) is 0 Å². The number of carbonyl (C=O) groups excluding carboxylic acids is 8. The topological polar surface area (TPSA) is 422 Å². The van der Waals surface area contributed by atoms with Gasteiger partial charge in [0, 0.05) is 13.1 Å². The Bertz CT molecular complexity index is 1720. The molecule has 1 aliphatic rings. The summed E-state index contributed by atoms with van der Waals surface area (Å²) in [5.41, 5.74) is 34.2. The Kier molecular flexibility index (Phi) is 40.6. The van der Waals surface area contributed by atoms with Crippen molar-refractivity contribution in [3.63, 3.8) is 0 Å². The Hall–Kier alpha value is -5.17. The minimum atomic E-state index is -1.26. The minimum Gasteiger partial charge on any atom is -0.393 e. The van der Waals surface area contributed by atoms with E-state index < -0.39 is 96.2 Å². The lowest BCUT2D eigenvalue weighted by molar-refractivity contribution is -0.135. The van der Waals surface area contributed by atoms with E-state index in [4.69, 9.17) is 34.4 Å². The second-order valence-corrected chi connectivity index (χ2v) is 20.4. The molecule has 77 heavy (non-hydrogen) atoms. The van der Waals surface area contributed by atoms with E-state index in [0.717, 1.165) is 25.7 Å². The van der Waals surface area contributed by atoms with Gasteiger partial charge in [-0.25, -0.2) is 0 Å². The third-order valence-electron chi connectivity index (χ3n) is 13.5. The van der Waals surface area contributed by atoms with Gasteiger partial charge in [0.05, 0.1) is 19.1 Å². The Balaban J connectivity index is 3.42. The summed E-state index contributed by atoms with van der Waals surface area (Å²) in [4.78, 5) is 115. The zero-order valence-corrected chi connectivity index (χ0v) is 46.6. The van der Waals surface area contributed by atoms with Crippen LogP contribution in [0.1, 0.15) is 193 Å². The SMILES string of the molecule is CCCCCCCCCCCC[C@@H](O)CC(=O)NCC(=O)N[C@@H](CCCN=C(N)N)C(=O)N[C@@H]1CCCCNC(=O)[C@H](CCCCN)NC(=O)[C@@H](CCCCN)NC(=O)[C@@H](CCCCN)NC(=O)[C@H](CCCCN)NC1=O. The number of amides is 8. The quantitative estimate of drug-likeness (QED) is 0.0219. The first-order valence-electron chi connectivity index (χ1n) is 29.0. The second kappa shape index (κ2) is 44.8. The number of nitrogens with one attached hydrogen (secondary N) is 8. The van der Waals surface area contributed by atoms with E-state index in [1.54, 1.807) is 0 Å². The fourth-order valence-corrected chi connectivity index (χ4v) is 8.94. The highest BCUT2D eigenvalue weighted by molar-refractivity contribution is 5.97. The molecule has 0 radical (unpaired) electrons. The van der Waals surface area contributed by atoms with Gasteiger partial charge in [-0.15, -0.1) is 0 Å². The first-order valence-corrected chi connectivity index (χ1v) is 29.0. The predicted molar refractivity (Wildman–Crippen MR) is 300 cm³/mol. The van der Waals surface area contributed by atoms with E-state index >= 15 is 0 Å². The number of nitrogens with zero attached hydrogens (tertiary/aromatic N) is 1. The van der Waals surface area contributed by atoms with Crippen LogP contribution in [-0.4, -0.2) is 146 Å². The van der Waals surface area contributed by atoms with Crippen molar-refractivity contribution in [1.29, 1.82) is 0 Å². The van der Waals surface area contributed by atoms with Crippen LogP contribution in [0.15, 0.2) is 4.99 Å². The fraction of sp³-hybridized carbons (Fsp3) is 0.830. The van der Waals surface area contributed by atoms with Crippen molar-refractivity contribution in [1.82, 2.24) is 42.5 Å². The van der Waals surface area contributed by atoms with Crippen LogP contribution in [0.25, 0.3) is 0 Å². The highest BCUT2D eigenvalue weighted by Crippen LogP contribution is 2.15. The Morgan fingerprint density at radius 2 is 1.03 bits per heavy atom. The number of unbranched alkanes of at least 4 members (excludes halogenated alkanes) is 13. The summed E-state index contributed by atoms with van der Waals surface area (Å²) < 4.78 is 0. The highest BCUT2D eigenvalue weighted by Gasteiger charge is 2.33. The van der Waals surface area contributed by atoms with Crippen molar-refractivity contribution in [2.24, 2.45) is 39.4 Å². The van der Waals surface area contributed by atoms with Crippen LogP contribution in [0.3, 0.4) is 0 Å². The van der Waals surface area contributed by atoms with Crippen LogP contribution < -0.4 is 76.9 Å². The standard InChI is InChI=1S/C53H103N15O9/c1-2-3-4-5-6-7-8-9-10-11-23-38(69)36-45(70)62-37-46(71)63-40(29-22-35-61-53(58)59)48(73)65-44-28-16-21-34-60-47(72)39(24-12-17-30-54)64-49(74)41(25-13-18-31-55)66-50(75)42(26-14-19-32-56)67-51(76)43(68-52(44)77)27-15-20-33-57/h38-44,69H,2-37,54-57H2,1H3,(H,60,72)(H,62,70)(H,63,71)(H,64,74)(H,65,73)(H,66,75)(H,67,76)(H,68,77)(H4,58,59,61)/t38-,39+,40+,41-,42-,43+,44-/m1/s1. The van der Waals surface area contributed by atoms with Gasteiger partial charge in [-0.3, -0.25) is 43.3 Å². The molecule has 1 aliphatic heterocycles. The highest BCUT2D eigenvalue weighted by atomic mass is 16.3. The Labute approximate surface area is 458 Å². The van der Waals surface area contributed by atoms with Crippen molar-refractivity contribution in [2.75, 3.05) is 45.8 Å². The van der Waals surface area contributed by atoms with E-state index in [9.17, 15) is 43.5 Å². The largest absolute Gasteiger partial charge is 0.393 e. The molecule has 1 fully saturated rings. The summed E-state index contributed by atoms with van der Waals surface area (Å²) >= 11 is 0. The summed E-state index contributed by atoms with van der Waals surface area (Å²) in [6, 6.07) is -6.87. The van der Waals surface area contributed by atoms with Crippen LogP contribution >= 0.6 is 0 Å². The average Bonchev–Trinajstić information content (AvgIpc) is 3.39. The number of guanidine groups is 1. The van der Waals surface area contributed by atoms with Gasteiger partial charge in [-0.2, -0.15) is 0 Å². The maximum absolute atomic E-state index is 14.4. The van der Waals surface area contributed by atoms with Gasteiger partial charge in [0.2, 0.25) is 47.3 Å². The lowest BCUT2D eigenvalue weighted by Crippen LogP contribution is -2.59. The van der Waals surface area contributed by atoms with E-state index in [1.807, 2.05) is 0 Å². The molecule has 0 saturated carbocycles. The van der Waals surface area contributed by atoms with E-state index in [-0.39, 0.29) is 76.8 Å². The van der Waals surface area contributed by atoms with Crippen molar-refractivity contribution < 1.29 is 43.5 Å². The molecule has 0 unspecified atom stereocenters. The summed E-state index contributed by atoms with van der Waals surface area (Å²) in [6.07, 6.45) is 16.6. The number of carbonyl (C=O) groups is 8. The lowest BCUT2D eigenvalue weighted by atomic mass is 10.0. The molecule has 7 atom stereocenters. The zero-order valence-electron chi connectivity index (χ0n) is 46.6. The van der Waals surface area contributed by atoms with Crippen LogP contribution in [-0.2, 0) is 38.4 Å². The smallest absolute Gasteiger partial charge is 0.243 e. The molecule has 24 heteroatoms. The number of aliphatic hydroxyl groups is 1. The summed E-state index contributed by atoms with van der Waals surface area (Å²) in [5.74, 6) is -5.22. The molecule has 24 nitrogen and oxygen atoms in total. The Morgan fingerprint density at radius 3 is 1.49 bits per heavy atom. The minimum absolute atomic E-state index is 0.0227. The van der Waals surface area contributed by atoms with Gasteiger partial charge in [0.1, 0.15) is 36.3 Å². The zero-order chi connectivity index (χ0) is 57.1. The van der Waals surface area contributed by atoms with Gasteiger partial charge in [0.15, 0.2) is 5.96 Å². The number of hydrogen-bond acceptors (Lipinski definition) is 14. The molecule has 0 spiro atoms. The van der Waals surface area contributed by atoms with Gasteiger partial charge in [-0.1, -0.05) is 71.1 Å². The molecule has 0 aromatic carbocycles. The number of rotatable bonds is 38. The Morgan fingerprint density at radius 1 is 0.571 bits per heavy atom. The summed E-state index contributed by atoms with van der Waals surface area (Å²) in [5, 5.41) is 32.6. The molecule has 0 aromatic rings. The number of nitrogens with two attached hydrogens (primary N) is 6. The number of aliphatic hydroxyl groups excluding tert-OH is 1. The normalized spacial score (nSPS) is 19.9. The van der Waals surface area contributed by atoms with Gasteiger partial charge in [0.25, 0.3) is 0 Å². The molecule has 0 aromatic heterocycles. The third-order valence-corrected chi connectivity index (χ3v) is 13.5. The average molecular weight is 1090 g/mol. The molecule has 1 heterocycles. The number of aliphatic imine (C=N–C) groups is 1. The molecular weight excluding hydrogens is 991 g/mol. The van der Waals surface area contributed by atoms with Crippen LogP contribution in [0, 0.1) is 0 Å². The van der Waals surface area contributed by atoms with Crippen molar-refractivity contribution in [3.8, 4) is 0 Å². The van der Waals surface area contributed by atoms with E-state index in [0.29, 0.717) is 90.4 Å². The molecule has 8 amide bonds. The molecule has 1 rings (SSSR count). The molecule has 0 bridgehead atoms. The van der Waals surface area contributed by atoms with Crippen LogP contribution in [0.5, 0.6) is 0 Å². The predicted octanol–water partition coefficient (Wildman–Crippen LogP) is -0.0569. The summed E-state index contributed by atoms with van der Waals surface area (Å²) in [6.45, 7) is 3.34. The molecule has 1 saturated heterocycles.